The maximum Gasteiger partial charge on any atom is 0.283 e. The molecule has 1 aromatic rings. The maximum absolute atomic E-state index is 11.7. The summed E-state index contributed by atoms with van der Waals surface area (Å²) in [5.74, 6) is -0.296. The van der Waals surface area contributed by atoms with Crippen LogP contribution in [0.3, 0.4) is 0 Å². The Morgan fingerprint density at radius 2 is 2.12 bits per heavy atom. The molecule has 0 aromatic heterocycles. The number of benzene rings is 1. The summed E-state index contributed by atoms with van der Waals surface area (Å²) in [6.07, 6.45) is 1.76. The lowest BCUT2D eigenvalue weighted by atomic mass is 10.2. The van der Waals surface area contributed by atoms with Crippen LogP contribution in [0.2, 0.25) is 0 Å². The minimum absolute atomic E-state index is 0.00165. The molecule has 1 aromatic carbocycles. The zero-order chi connectivity index (χ0) is 13.0. The fourth-order valence-corrected chi connectivity index (χ4v) is 1.87. The van der Waals surface area contributed by atoms with Gasteiger partial charge in [0.05, 0.1) is 9.82 Å². The van der Waals surface area contributed by atoms with E-state index in [2.05, 4.69) is 5.32 Å². The largest absolute Gasteiger partial charge is 0.350 e. The highest BCUT2D eigenvalue weighted by atomic mass is 32.2. The van der Waals surface area contributed by atoms with Crippen molar-refractivity contribution < 1.29 is 9.72 Å². The zero-order valence-electron chi connectivity index (χ0n) is 9.89. The number of rotatable bonds is 4. The summed E-state index contributed by atoms with van der Waals surface area (Å²) >= 11 is 1.28. The molecule has 0 fully saturated rings. The van der Waals surface area contributed by atoms with Gasteiger partial charge in [0.25, 0.3) is 11.6 Å². The molecule has 0 saturated heterocycles. The SMILES string of the molecule is CSc1ccc(C(=O)NC(C)C)cc1[N+](=O)[O-]. The first kappa shape index (κ1) is 13.5. The predicted molar refractivity (Wildman–Crippen MR) is 67.5 cm³/mol. The van der Waals surface area contributed by atoms with Crippen LogP contribution in [-0.4, -0.2) is 23.1 Å². The second-order valence-electron chi connectivity index (χ2n) is 3.77. The molecular weight excluding hydrogens is 240 g/mol. The minimum atomic E-state index is -0.474. The highest BCUT2D eigenvalue weighted by molar-refractivity contribution is 7.98. The molecule has 92 valence electrons. The Hall–Kier alpha value is -1.56. The van der Waals surface area contributed by atoms with Gasteiger partial charge in [0.1, 0.15) is 0 Å². The van der Waals surface area contributed by atoms with Crippen LogP contribution in [0.5, 0.6) is 0 Å². The third-order valence-corrected chi connectivity index (χ3v) is 2.84. The van der Waals surface area contributed by atoms with Crippen LogP contribution in [-0.2, 0) is 0 Å². The highest BCUT2D eigenvalue weighted by Gasteiger charge is 2.17. The van der Waals surface area contributed by atoms with Crippen LogP contribution >= 0.6 is 11.8 Å². The summed E-state index contributed by atoms with van der Waals surface area (Å²) in [5, 5.41) is 13.5. The Kier molecular flexibility index (Phi) is 4.51. The molecule has 1 amide bonds. The molecular formula is C11H14N2O3S. The first-order chi connectivity index (χ1) is 7.95. The second-order valence-corrected chi connectivity index (χ2v) is 4.62. The van der Waals surface area contributed by atoms with Gasteiger partial charge in [0.2, 0.25) is 0 Å². The third kappa shape index (κ3) is 3.45. The van der Waals surface area contributed by atoms with Gasteiger partial charge >= 0.3 is 0 Å². The Labute approximate surface area is 104 Å². The van der Waals surface area contributed by atoms with E-state index in [4.69, 9.17) is 0 Å². The standard InChI is InChI=1S/C11H14N2O3S/c1-7(2)12-11(14)8-4-5-10(17-3)9(6-8)13(15)16/h4-7H,1-3H3,(H,12,14). The van der Waals surface area contributed by atoms with Crippen molar-refractivity contribution >= 4 is 23.4 Å². The third-order valence-electron chi connectivity index (χ3n) is 2.06. The van der Waals surface area contributed by atoms with Crippen LogP contribution in [0.4, 0.5) is 5.69 Å². The quantitative estimate of drug-likeness (QED) is 0.509. The Morgan fingerprint density at radius 3 is 2.59 bits per heavy atom. The van der Waals surface area contributed by atoms with Gasteiger partial charge in [-0.05, 0) is 32.2 Å². The number of carbonyl (C=O) groups excluding carboxylic acids is 1. The van der Waals surface area contributed by atoms with Crippen LogP contribution in [0.25, 0.3) is 0 Å². The van der Waals surface area contributed by atoms with E-state index in [-0.39, 0.29) is 17.6 Å². The van der Waals surface area contributed by atoms with E-state index in [1.165, 1.54) is 17.8 Å². The van der Waals surface area contributed by atoms with Gasteiger partial charge in [-0.3, -0.25) is 14.9 Å². The van der Waals surface area contributed by atoms with Crippen molar-refractivity contribution in [1.82, 2.24) is 5.32 Å². The van der Waals surface area contributed by atoms with Crippen LogP contribution in [0.15, 0.2) is 23.1 Å². The molecule has 1 rings (SSSR count). The lowest BCUT2D eigenvalue weighted by molar-refractivity contribution is -0.387. The second kappa shape index (κ2) is 5.67. The molecule has 0 heterocycles. The molecule has 0 atom stereocenters. The van der Waals surface area contributed by atoms with Gasteiger partial charge in [-0.1, -0.05) is 0 Å². The summed E-state index contributed by atoms with van der Waals surface area (Å²) in [6.45, 7) is 3.67. The van der Waals surface area contributed by atoms with Gasteiger partial charge in [0.15, 0.2) is 0 Å². The monoisotopic (exact) mass is 254 g/mol. The minimum Gasteiger partial charge on any atom is -0.350 e. The first-order valence-electron chi connectivity index (χ1n) is 5.09. The normalized spacial score (nSPS) is 10.4. The van der Waals surface area contributed by atoms with Crippen molar-refractivity contribution in [3.05, 3.63) is 33.9 Å². The molecule has 1 N–H and O–H groups in total. The summed E-state index contributed by atoms with van der Waals surface area (Å²) in [5.41, 5.74) is 0.275. The molecule has 0 saturated carbocycles. The van der Waals surface area contributed by atoms with Crippen LogP contribution in [0, 0.1) is 10.1 Å². The summed E-state index contributed by atoms with van der Waals surface area (Å²) in [6, 6.07) is 4.50. The van der Waals surface area contributed by atoms with E-state index in [1.807, 2.05) is 13.8 Å². The number of nitrogens with zero attached hydrogens (tertiary/aromatic N) is 1. The average molecular weight is 254 g/mol. The van der Waals surface area contributed by atoms with Crippen LogP contribution < -0.4 is 5.32 Å². The van der Waals surface area contributed by atoms with Crippen molar-refractivity contribution in [3.8, 4) is 0 Å². The zero-order valence-corrected chi connectivity index (χ0v) is 10.7. The molecule has 0 unspecified atom stereocenters. The Morgan fingerprint density at radius 1 is 1.47 bits per heavy atom. The van der Waals surface area contributed by atoms with Gasteiger partial charge in [-0.25, -0.2) is 0 Å². The number of amides is 1. The number of hydrogen-bond acceptors (Lipinski definition) is 4. The smallest absolute Gasteiger partial charge is 0.283 e. The molecule has 6 heteroatoms. The maximum atomic E-state index is 11.7. The van der Waals surface area contributed by atoms with Crippen molar-refractivity contribution in [3.63, 3.8) is 0 Å². The number of nitrogens with one attached hydrogen (secondary N) is 1. The van der Waals surface area contributed by atoms with Crippen LogP contribution in [0.1, 0.15) is 24.2 Å². The molecule has 0 aliphatic rings. The number of thioether (sulfide) groups is 1. The molecule has 5 nitrogen and oxygen atoms in total. The van der Waals surface area contributed by atoms with E-state index in [0.29, 0.717) is 10.5 Å². The molecule has 0 aliphatic heterocycles. The lowest BCUT2D eigenvalue weighted by Gasteiger charge is -2.08. The summed E-state index contributed by atoms with van der Waals surface area (Å²) in [4.78, 5) is 22.6. The molecule has 0 bridgehead atoms. The van der Waals surface area contributed by atoms with Crippen molar-refractivity contribution in [2.45, 2.75) is 24.8 Å². The van der Waals surface area contributed by atoms with Gasteiger partial charge < -0.3 is 5.32 Å². The number of nitro groups is 1. The molecule has 0 radical (unpaired) electrons. The highest BCUT2D eigenvalue weighted by Crippen LogP contribution is 2.28. The van der Waals surface area contributed by atoms with Crippen molar-refractivity contribution in [1.29, 1.82) is 0 Å². The predicted octanol–water partition coefficient (Wildman–Crippen LogP) is 2.45. The Bertz CT molecular complexity index is 446. The van der Waals surface area contributed by atoms with Crippen molar-refractivity contribution in [2.75, 3.05) is 6.26 Å². The number of nitro benzene ring substituents is 1. The van der Waals surface area contributed by atoms with E-state index in [9.17, 15) is 14.9 Å². The first-order valence-corrected chi connectivity index (χ1v) is 6.31. The van der Waals surface area contributed by atoms with Gasteiger partial charge in [-0.15, -0.1) is 11.8 Å². The molecule has 0 spiro atoms. The van der Waals surface area contributed by atoms with Gasteiger partial charge in [-0.2, -0.15) is 0 Å². The number of carbonyl (C=O) groups is 1. The lowest BCUT2D eigenvalue weighted by Crippen LogP contribution is -2.30. The average Bonchev–Trinajstić information content (AvgIpc) is 2.27. The fraction of sp³-hybridized carbons (Fsp3) is 0.364. The van der Waals surface area contributed by atoms with E-state index >= 15 is 0 Å². The van der Waals surface area contributed by atoms with E-state index in [0.717, 1.165) is 0 Å². The fourth-order valence-electron chi connectivity index (χ4n) is 1.32. The summed E-state index contributed by atoms with van der Waals surface area (Å²) < 4.78 is 0. The molecule has 0 aliphatic carbocycles. The van der Waals surface area contributed by atoms with Crippen molar-refractivity contribution in [2.24, 2.45) is 0 Å². The van der Waals surface area contributed by atoms with E-state index < -0.39 is 4.92 Å². The Balaban J connectivity index is 3.08. The molecule has 17 heavy (non-hydrogen) atoms. The van der Waals surface area contributed by atoms with E-state index in [1.54, 1.807) is 18.4 Å². The summed E-state index contributed by atoms with van der Waals surface area (Å²) in [7, 11) is 0. The topological polar surface area (TPSA) is 72.2 Å². The van der Waals surface area contributed by atoms with Gasteiger partial charge in [0, 0.05) is 17.7 Å². The number of hydrogen-bond donors (Lipinski definition) is 1.